The molecule has 0 bridgehead atoms. The molecular weight excluding hydrogens is 362 g/mol. The minimum atomic E-state index is -0.166. The number of hydrogen-bond donors (Lipinski definition) is 0. The number of hydrogen-bond acceptors (Lipinski definition) is 3. The number of aryl methyl sites for hydroxylation is 1. The number of rotatable bonds is 5. The van der Waals surface area contributed by atoms with Crippen molar-refractivity contribution in [1.29, 1.82) is 0 Å². The van der Waals surface area contributed by atoms with Crippen molar-refractivity contribution in [3.8, 4) is 0 Å². The van der Waals surface area contributed by atoms with Crippen molar-refractivity contribution in [2.75, 3.05) is 13.2 Å². The van der Waals surface area contributed by atoms with Crippen LogP contribution in [0.3, 0.4) is 0 Å². The van der Waals surface area contributed by atoms with Crippen molar-refractivity contribution in [3.63, 3.8) is 0 Å². The quantitative estimate of drug-likeness (QED) is 0.676. The fraction of sp³-hybridized carbons (Fsp3) is 0.440. The predicted octanol–water partition coefficient (Wildman–Crippen LogP) is 4.97. The maximum atomic E-state index is 12.8. The first-order valence-corrected chi connectivity index (χ1v) is 10.5. The molecule has 0 aliphatic carbocycles. The minimum absolute atomic E-state index is 0.138. The summed E-state index contributed by atoms with van der Waals surface area (Å²) in [5, 5.41) is 0. The van der Waals surface area contributed by atoms with Gasteiger partial charge in [-0.2, -0.15) is 0 Å². The van der Waals surface area contributed by atoms with E-state index >= 15 is 0 Å². The van der Waals surface area contributed by atoms with Gasteiger partial charge in [-0.15, -0.1) is 0 Å². The molecule has 0 radical (unpaired) electrons. The molecule has 0 N–H and O–H groups in total. The Labute approximate surface area is 172 Å². The molecule has 4 heteroatoms. The summed E-state index contributed by atoms with van der Waals surface area (Å²) < 4.78 is 5.94. The Morgan fingerprint density at radius 2 is 1.66 bits per heavy atom. The minimum Gasteiger partial charge on any atom is -0.376 e. The molecule has 2 amide bonds. The molecule has 1 fully saturated rings. The van der Waals surface area contributed by atoms with Crippen LogP contribution in [-0.2, 0) is 4.74 Å². The Hall–Kier alpha value is -2.46. The van der Waals surface area contributed by atoms with Gasteiger partial charge in [0.15, 0.2) is 0 Å². The second-order valence-electron chi connectivity index (χ2n) is 8.97. The molecule has 0 unspecified atom stereocenters. The average Bonchev–Trinajstić information content (AvgIpc) is 2.94. The number of carbonyl (C=O) groups is 2. The van der Waals surface area contributed by atoms with Crippen LogP contribution in [0.2, 0.25) is 0 Å². The predicted molar refractivity (Wildman–Crippen MR) is 113 cm³/mol. The number of benzene rings is 2. The Morgan fingerprint density at radius 1 is 1.03 bits per heavy atom. The molecule has 0 saturated carbocycles. The number of amides is 2. The van der Waals surface area contributed by atoms with Gasteiger partial charge >= 0.3 is 0 Å². The Bertz CT molecular complexity index is 881. The van der Waals surface area contributed by atoms with Crippen LogP contribution < -0.4 is 0 Å². The number of imide groups is 1. The summed E-state index contributed by atoms with van der Waals surface area (Å²) in [6.07, 6.45) is 2.76. The molecule has 1 saturated heterocycles. The highest BCUT2D eigenvalue weighted by molar-refractivity contribution is 6.21. The zero-order valence-corrected chi connectivity index (χ0v) is 17.5. The largest absolute Gasteiger partial charge is 0.376 e. The van der Waals surface area contributed by atoms with E-state index in [-0.39, 0.29) is 17.4 Å². The highest BCUT2D eigenvalue weighted by Crippen LogP contribution is 2.40. The third-order valence-corrected chi connectivity index (χ3v) is 6.35. The Morgan fingerprint density at radius 3 is 2.24 bits per heavy atom. The van der Waals surface area contributed by atoms with Gasteiger partial charge in [0, 0.05) is 13.2 Å². The van der Waals surface area contributed by atoms with E-state index in [9.17, 15) is 9.59 Å². The van der Waals surface area contributed by atoms with Crippen molar-refractivity contribution >= 4 is 11.8 Å². The number of ether oxygens (including phenoxy) is 1. The fourth-order valence-electron chi connectivity index (χ4n) is 4.82. The van der Waals surface area contributed by atoms with Crippen molar-refractivity contribution in [2.24, 2.45) is 5.92 Å². The molecular formula is C25H29NO3. The van der Waals surface area contributed by atoms with Crippen molar-refractivity contribution in [3.05, 3.63) is 70.8 Å². The van der Waals surface area contributed by atoms with Gasteiger partial charge in [-0.1, -0.05) is 42.0 Å². The molecule has 4 nitrogen and oxygen atoms in total. The average molecular weight is 392 g/mol. The Balaban J connectivity index is 1.55. The van der Waals surface area contributed by atoms with Crippen molar-refractivity contribution < 1.29 is 14.3 Å². The molecule has 2 aliphatic heterocycles. The van der Waals surface area contributed by atoms with Gasteiger partial charge in [-0.25, -0.2) is 0 Å². The molecule has 2 atom stereocenters. The lowest BCUT2D eigenvalue weighted by Gasteiger charge is -2.40. The van der Waals surface area contributed by atoms with E-state index in [2.05, 4.69) is 45.0 Å². The van der Waals surface area contributed by atoms with Crippen LogP contribution in [0.4, 0.5) is 0 Å². The van der Waals surface area contributed by atoms with Crippen molar-refractivity contribution in [1.82, 2.24) is 4.90 Å². The van der Waals surface area contributed by atoms with Gasteiger partial charge < -0.3 is 4.74 Å². The Kier molecular flexibility index (Phi) is 5.30. The van der Waals surface area contributed by atoms with E-state index in [1.54, 1.807) is 12.1 Å². The fourth-order valence-corrected chi connectivity index (χ4v) is 4.82. The summed E-state index contributed by atoms with van der Waals surface area (Å²) in [5.41, 5.74) is 3.43. The monoisotopic (exact) mass is 391 g/mol. The number of carbonyl (C=O) groups excluding carboxylic acids is 2. The van der Waals surface area contributed by atoms with Gasteiger partial charge in [0.05, 0.1) is 16.7 Å². The van der Waals surface area contributed by atoms with E-state index in [1.165, 1.54) is 16.0 Å². The second kappa shape index (κ2) is 7.75. The zero-order chi connectivity index (χ0) is 20.6. The first-order chi connectivity index (χ1) is 13.9. The van der Waals surface area contributed by atoms with Crippen LogP contribution >= 0.6 is 0 Å². The van der Waals surface area contributed by atoms with Crippen LogP contribution in [0.1, 0.15) is 70.9 Å². The maximum Gasteiger partial charge on any atom is 0.261 e. The molecule has 2 heterocycles. The molecule has 2 aliphatic rings. The topological polar surface area (TPSA) is 46.6 Å². The second-order valence-corrected chi connectivity index (χ2v) is 8.97. The van der Waals surface area contributed by atoms with Gasteiger partial charge in [-0.05, 0) is 69.6 Å². The lowest BCUT2D eigenvalue weighted by molar-refractivity contribution is -0.0774. The van der Waals surface area contributed by atoms with Crippen LogP contribution in [0.5, 0.6) is 0 Å². The van der Waals surface area contributed by atoms with E-state index < -0.39 is 0 Å². The summed E-state index contributed by atoms with van der Waals surface area (Å²) >= 11 is 0. The standard InChI is InChI=1S/C25H29NO3/c1-17-8-10-18(11-9-17)20(19-13-15-29-25(2,3)16-19)12-14-26-23(27)21-6-4-5-7-22(21)24(26)28/h4-11,19-20H,12-16H2,1-3H3/t19-,20-/m0/s1. The van der Waals surface area contributed by atoms with Crippen LogP contribution in [0.15, 0.2) is 48.5 Å². The molecule has 4 rings (SSSR count). The molecule has 2 aromatic carbocycles. The van der Waals surface area contributed by atoms with Gasteiger partial charge in [0.25, 0.3) is 11.8 Å². The van der Waals surface area contributed by atoms with Gasteiger partial charge in [-0.3, -0.25) is 14.5 Å². The van der Waals surface area contributed by atoms with Gasteiger partial charge in [0.1, 0.15) is 0 Å². The van der Waals surface area contributed by atoms with E-state index in [1.807, 2.05) is 12.1 Å². The summed E-state index contributed by atoms with van der Waals surface area (Å²) in [6.45, 7) is 7.59. The summed E-state index contributed by atoms with van der Waals surface area (Å²) in [7, 11) is 0. The third kappa shape index (κ3) is 3.99. The summed E-state index contributed by atoms with van der Waals surface area (Å²) in [4.78, 5) is 27.0. The number of fused-ring (bicyclic) bond motifs is 1. The third-order valence-electron chi connectivity index (χ3n) is 6.35. The van der Waals surface area contributed by atoms with Crippen LogP contribution in [0.25, 0.3) is 0 Å². The summed E-state index contributed by atoms with van der Waals surface area (Å²) in [6, 6.07) is 15.8. The highest BCUT2D eigenvalue weighted by Gasteiger charge is 2.38. The van der Waals surface area contributed by atoms with Gasteiger partial charge in [0.2, 0.25) is 0 Å². The first-order valence-electron chi connectivity index (χ1n) is 10.5. The SMILES string of the molecule is Cc1ccc([C@H](CCN2C(=O)c3ccccc3C2=O)[C@H]2CCOC(C)(C)C2)cc1. The maximum absolute atomic E-state index is 12.8. The highest BCUT2D eigenvalue weighted by atomic mass is 16.5. The molecule has 152 valence electrons. The summed E-state index contributed by atoms with van der Waals surface area (Å²) in [5.74, 6) is 0.431. The molecule has 0 spiro atoms. The smallest absolute Gasteiger partial charge is 0.261 e. The van der Waals surface area contributed by atoms with E-state index in [0.29, 0.717) is 29.5 Å². The van der Waals surface area contributed by atoms with E-state index in [0.717, 1.165) is 25.9 Å². The lowest BCUT2D eigenvalue weighted by atomic mass is 9.75. The molecule has 0 aromatic heterocycles. The molecule has 29 heavy (non-hydrogen) atoms. The van der Waals surface area contributed by atoms with E-state index in [4.69, 9.17) is 4.74 Å². The molecule has 2 aromatic rings. The van der Waals surface area contributed by atoms with Crippen LogP contribution in [-0.4, -0.2) is 35.5 Å². The lowest BCUT2D eigenvalue weighted by Crippen LogP contribution is -2.38. The normalized spacial score (nSPS) is 21.9. The van der Waals surface area contributed by atoms with Crippen LogP contribution in [0, 0.1) is 12.8 Å². The first kappa shape index (κ1) is 19.8. The van der Waals surface area contributed by atoms with Crippen molar-refractivity contribution in [2.45, 2.75) is 51.6 Å². The number of nitrogens with zero attached hydrogens (tertiary/aromatic N) is 1. The zero-order valence-electron chi connectivity index (χ0n) is 17.5.